The predicted octanol–water partition coefficient (Wildman–Crippen LogP) is 2.44. The first kappa shape index (κ1) is 18.5. The zero-order valence-corrected chi connectivity index (χ0v) is 14.7. The van der Waals surface area contributed by atoms with E-state index in [-0.39, 0.29) is 11.7 Å². The van der Waals surface area contributed by atoms with E-state index in [0.717, 1.165) is 5.82 Å². The topological polar surface area (TPSA) is 84.5 Å². The first-order valence-electron chi connectivity index (χ1n) is 8.05. The number of aromatic amines is 1. The van der Waals surface area contributed by atoms with E-state index < -0.39 is 0 Å². The van der Waals surface area contributed by atoms with Gasteiger partial charge in [-0.15, -0.1) is 0 Å². The van der Waals surface area contributed by atoms with E-state index in [2.05, 4.69) is 9.97 Å². The maximum absolute atomic E-state index is 12.1. The molecule has 0 aliphatic rings. The van der Waals surface area contributed by atoms with Gasteiger partial charge in [-0.25, -0.2) is 4.98 Å². The van der Waals surface area contributed by atoms with Crippen LogP contribution in [0.15, 0.2) is 30.6 Å². The van der Waals surface area contributed by atoms with Crippen molar-refractivity contribution in [1.82, 2.24) is 14.9 Å². The summed E-state index contributed by atoms with van der Waals surface area (Å²) < 4.78 is 10.9. The number of benzene rings is 1. The molecule has 0 atom stereocenters. The van der Waals surface area contributed by atoms with Crippen molar-refractivity contribution in [3.63, 3.8) is 0 Å². The molecule has 7 nitrogen and oxygen atoms in total. The van der Waals surface area contributed by atoms with Crippen molar-refractivity contribution < 1.29 is 19.1 Å². The van der Waals surface area contributed by atoms with E-state index in [0.29, 0.717) is 43.1 Å². The van der Waals surface area contributed by atoms with E-state index >= 15 is 0 Å². The van der Waals surface area contributed by atoms with Crippen molar-refractivity contribution in [1.29, 1.82) is 0 Å². The number of Topliss-reactive ketones (excluding diaryl/α,β-unsaturated/α-hetero) is 1. The molecular weight excluding hydrogens is 322 g/mol. The van der Waals surface area contributed by atoms with E-state index in [1.165, 1.54) is 14.0 Å². The van der Waals surface area contributed by atoms with Gasteiger partial charge in [-0.2, -0.15) is 0 Å². The summed E-state index contributed by atoms with van der Waals surface area (Å²) in [5.74, 6) is 1.81. The lowest BCUT2D eigenvalue weighted by atomic mass is 10.1. The molecule has 0 aliphatic carbocycles. The third-order valence-corrected chi connectivity index (χ3v) is 3.73. The van der Waals surface area contributed by atoms with Crippen LogP contribution in [0.25, 0.3) is 0 Å². The summed E-state index contributed by atoms with van der Waals surface area (Å²) in [5, 5.41) is 0. The molecule has 0 bridgehead atoms. The number of carbonyl (C=O) groups is 2. The molecule has 7 heteroatoms. The summed E-state index contributed by atoms with van der Waals surface area (Å²) in [7, 11) is 3.27. The number of H-pyrrole nitrogens is 1. The molecule has 0 aliphatic heterocycles. The highest BCUT2D eigenvalue weighted by atomic mass is 16.5. The lowest BCUT2D eigenvalue weighted by Crippen LogP contribution is -2.26. The number of ketones is 1. The van der Waals surface area contributed by atoms with Crippen molar-refractivity contribution in [3.05, 3.63) is 42.0 Å². The molecule has 0 spiro atoms. The fourth-order valence-corrected chi connectivity index (χ4v) is 2.30. The number of aromatic nitrogens is 2. The van der Waals surface area contributed by atoms with E-state index in [1.54, 1.807) is 42.5 Å². The summed E-state index contributed by atoms with van der Waals surface area (Å²) in [4.78, 5) is 32.2. The molecule has 1 amide bonds. The Kier molecular flexibility index (Phi) is 6.56. The van der Waals surface area contributed by atoms with Crippen LogP contribution in [-0.2, 0) is 11.3 Å². The number of ether oxygens (including phenoxy) is 2. The number of nitrogens with zero attached hydrogens (tertiary/aromatic N) is 2. The highest BCUT2D eigenvalue weighted by Crippen LogP contribution is 2.28. The van der Waals surface area contributed by atoms with Crippen molar-refractivity contribution in [2.24, 2.45) is 0 Å². The lowest BCUT2D eigenvalue weighted by molar-refractivity contribution is -0.130. The number of rotatable bonds is 9. The molecule has 0 fully saturated rings. The zero-order chi connectivity index (χ0) is 18.2. The molecule has 134 valence electrons. The molecule has 2 rings (SSSR count). The second-order valence-corrected chi connectivity index (χ2v) is 5.66. The second-order valence-electron chi connectivity index (χ2n) is 5.66. The maximum Gasteiger partial charge on any atom is 0.222 e. The third-order valence-electron chi connectivity index (χ3n) is 3.73. The van der Waals surface area contributed by atoms with Gasteiger partial charge in [-0.3, -0.25) is 9.59 Å². The van der Waals surface area contributed by atoms with Crippen LogP contribution in [0.3, 0.4) is 0 Å². The molecule has 1 heterocycles. The number of nitrogens with one attached hydrogen (secondary N) is 1. The molecule has 25 heavy (non-hydrogen) atoms. The van der Waals surface area contributed by atoms with Crippen molar-refractivity contribution in [3.8, 4) is 11.5 Å². The molecular formula is C18H23N3O4. The summed E-state index contributed by atoms with van der Waals surface area (Å²) in [6.07, 6.45) is 4.35. The Morgan fingerprint density at radius 3 is 2.72 bits per heavy atom. The molecule has 1 aromatic heterocycles. The van der Waals surface area contributed by atoms with Crippen molar-refractivity contribution >= 4 is 11.7 Å². The summed E-state index contributed by atoms with van der Waals surface area (Å²) in [5.41, 5.74) is 0.568. The average molecular weight is 345 g/mol. The first-order valence-corrected chi connectivity index (χ1v) is 8.05. The van der Waals surface area contributed by atoms with Crippen LogP contribution in [-0.4, -0.2) is 47.3 Å². The minimum atomic E-state index is -0.0324. The van der Waals surface area contributed by atoms with Crippen LogP contribution in [0.5, 0.6) is 11.5 Å². The number of methoxy groups -OCH3 is 1. The van der Waals surface area contributed by atoms with Gasteiger partial charge in [0.15, 0.2) is 17.3 Å². The Morgan fingerprint density at radius 1 is 1.28 bits per heavy atom. The highest BCUT2D eigenvalue weighted by molar-refractivity contribution is 5.94. The predicted molar refractivity (Wildman–Crippen MR) is 92.8 cm³/mol. The number of imidazole rings is 1. The maximum atomic E-state index is 12.1. The summed E-state index contributed by atoms with van der Waals surface area (Å²) in [6.45, 7) is 2.34. The van der Waals surface area contributed by atoms with Gasteiger partial charge in [0.1, 0.15) is 5.82 Å². The standard InChI is InChI=1S/C18H23N3O4/c1-13(22)14-6-7-15(16(11-14)24-3)25-10-4-5-18(23)21(2)12-17-19-8-9-20-17/h6-9,11H,4-5,10,12H2,1-3H3,(H,19,20). The van der Waals surface area contributed by atoms with E-state index in [1.807, 2.05) is 0 Å². The minimum Gasteiger partial charge on any atom is -0.493 e. The van der Waals surface area contributed by atoms with Gasteiger partial charge < -0.3 is 19.4 Å². The highest BCUT2D eigenvalue weighted by Gasteiger charge is 2.11. The van der Waals surface area contributed by atoms with Crippen molar-refractivity contribution in [2.75, 3.05) is 20.8 Å². The van der Waals surface area contributed by atoms with Gasteiger partial charge >= 0.3 is 0 Å². The zero-order valence-electron chi connectivity index (χ0n) is 14.7. The summed E-state index contributed by atoms with van der Waals surface area (Å²) in [6, 6.07) is 5.06. The molecule has 0 unspecified atom stereocenters. The average Bonchev–Trinajstić information content (AvgIpc) is 3.11. The number of hydrogen-bond acceptors (Lipinski definition) is 5. The van der Waals surface area contributed by atoms with Crippen LogP contribution >= 0.6 is 0 Å². The van der Waals surface area contributed by atoms with Gasteiger partial charge in [0.2, 0.25) is 5.91 Å². The molecule has 0 saturated carbocycles. The lowest BCUT2D eigenvalue weighted by Gasteiger charge is -2.16. The van der Waals surface area contributed by atoms with E-state index in [9.17, 15) is 9.59 Å². The van der Waals surface area contributed by atoms with Crippen LogP contribution in [0.2, 0.25) is 0 Å². The van der Waals surface area contributed by atoms with Gasteiger partial charge in [-0.05, 0) is 31.5 Å². The van der Waals surface area contributed by atoms with Crippen molar-refractivity contribution in [2.45, 2.75) is 26.3 Å². The van der Waals surface area contributed by atoms with Crippen LogP contribution in [0.1, 0.15) is 35.9 Å². The first-order chi connectivity index (χ1) is 12.0. The Bertz CT molecular complexity index is 713. The van der Waals surface area contributed by atoms with Gasteiger partial charge in [0.05, 0.1) is 20.3 Å². The van der Waals surface area contributed by atoms with Crippen LogP contribution < -0.4 is 9.47 Å². The van der Waals surface area contributed by atoms with Gasteiger partial charge in [0.25, 0.3) is 0 Å². The Morgan fingerprint density at radius 2 is 2.08 bits per heavy atom. The molecule has 1 aromatic carbocycles. The second kappa shape index (κ2) is 8.86. The molecule has 1 N–H and O–H groups in total. The Balaban J connectivity index is 1.78. The third kappa shape index (κ3) is 5.34. The Hall–Kier alpha value is -2.83. The van der Waals surface area contributed by atoms with Crippen LogP contribution in [0, 0.1) is 0 Å². The number of carbonyl (C=O) groups excluding carboxylic acids is 2. The Labute approximate surface area is 147 Å². The normalized spacial score (nSPS) is 10.4. The molecule has 0 radical (unpaired) electrons. The molecule has 2 aromatic rings. The van der Waals surface area contributed by atoms with Crippen LogP contribution in [0.4, 0.5) is 0 Å². The minimum absolute atomic E-state index is 0.0268. The fourth-order valence-electron chi connectivity index (χ4n) is 2.30. The van der Waals surface area contributed by atoms with Gasteiger partial charge in [-0.1, -0.05) is 0 Å². The van der Waals surface area contributed by atoms with Gasteiger partial charge in [0, 0.05) is 31.4 Å². The fraction of sp³-hybridized carbons (Fsp3) is 0.389. The van der Waals surface area contributed by atoms with E-state index in [4.69, 9.17) is 9.47 Å². The quantitative estimate of drug-likeness (QED) is 0.557. The largest absolute Gasteiger partial charge is 0.493 e. The smallest absolute Gasteiger partial charge is 0.222 e. The number of hydrogen-bond donors (Lipinski definition) is 1. The molecule has 0 saturated heterocycles. The summed E-state index contributed by atoms with van der Waals surface area (Å²) >= 11 is 0. The number of amides is 1. The SMILES string of the molecule is COc1cc(C(C)=O)ccc1OCCCC(=O)N(C)Cc1ncc[nH]1. The monoisotopic (exact) mass is 345 g/mol.